The second-order valence-corrected chi connectivity index (χ2v) is 5.26. The van der Waals surface area contributed by atoms with Crippen LogP contribution in [0, 0.1) is 0 Å². The van der Waals surface area contributed by atoms with Crippen molar-refractivity contribution in [1.29, 1.82) is 0 Å². The summed E-state index contributed by atoms with van der Waals surface area (Å²) in [6.45, 7) is 3.29. The number of halogens is 1. The molecule has 3 amide bonds. The molecule has 0 fully saturated rings. The maximum absolute atomic E-state index is 11.6. The molecular weight excluding hydrogens is 310 g/mol. The first-order valence-electron chi connectivity index (χ1n) is 6.14. The van der Waals surface area contributed by atoms with Crippen molar-refractivity contribution in [2.45, 2.75) is 13.5 Å². The smallest absolute Gasteiger partial charge is 0.321 e. The summed E-state index contributed by atoms with van der Waals surface area (Å²) in [4.78, 5) is 23.8. The van der Waals surface area contributed by atoms with Gasteiger partial charge in [-0.1, -0.05) is 28.1 Å². The Hall–Kier alpha value is -1.40. The Morgan fingerprint density at radius 1 is 1.26 bits per heavy atom. The Labute approximate surface area is 121 Å². The number of carbonyl (C=O) groups excluding carboxylic acids is 2. The van der Waals surface area contributed by atoms with Crippen LogP contribution in [0.15, 0.2) is 28.7 Å². The molecule has 3 N–H and O–H groups in total. The van der Waals surface area contributed by atoms with Crippen molar-refractivity contribution in [3.05, 3.63) is 34.3 Å². The van der Waals surface area contributed by atoms with Crippen LogP contribution in [-0.4, -0.2) is 32.1 Å². The van der Waals surface area contributed by atoms with Gasteiger partial charge in [0.2, 0.25) is 0 Å². The molecule has 0 saturated carbocycles. The Morgan fingerprint density at radius 2 is 1.89 bits per heavy atom. The average Bonchev–Trinajstić information content (AvgIpc) is 2.32. The van der Waals surface area contributed by atoms with Gasteiger partial charge in [-0.25, -0.2) is 4.79 Å². The number of quaternary nitrogens is 1. The summed E-state index contributed by atoms with van der Waals surface area (Å²) in [6.07, 6.45) is 0. The van der Waals surface area contributed by atoms with E-state index in [1.807, 2.05) is 31.3 Å². The second-order valence-electron chi connectivity index (χ2n) is 4.34. The molecule has 6 heteroatoms. The lowest BCUT2D eigenvalue weighted by molar-refractivity contribution is -0.885. The second kappa shape index (κ2) is 7.91. The van der Waals surface area contributed by atoms with Crippen molar-refractivity contribution in [3.8, 4) is 0 Å². The molecule has 1 rings (SSSR count). The zero-order valence-corrected chi connectivity index (χ0v) is 12.7. The molecule has 0 heterocycles. The van der Waals surface area contributed by atoms with E-state index in [4.69, 9.17) is 0 Å². The molecule has 0 spiro atoms. The third-order valence-corrected chi connectivity index (χ3v) is 3.00. The SMILES string of the molecule is CCNC(=O)NC(=O)C[NH+](C)Cc1ccc(Br)cc1. The summed E-state index contributed by atoms with van der Waals surface area (Å²) in [5.74, 6) is -0.277. The summed E-state index contributed by atoms with van der Waals surface area (Å²) in [6, 6.07) is 7.52. The number of imide groups is 1. The van der Waals surface area contributed by atoms with Crippen molar-refractivity contribution >= 4 is 27.9 Å². The summed E-state index contributed by atoms with van der Waals surface area (Å²) in [5, 5.41) is 4.81. The van der Waals surface area contributed by atoms with Crippen molar-refractivity contribution in [3.63, 3.8) is 0 Å². The first-order chi connectivity index (χ1) is 9.01. The van der Waals surface area contributed by atoms with Crippen LogP contribution in [0.2, 0.25) is 0 Å². The molecule has 0 bridgehead atoms. The number of likely N-dealkylation sites (N-methyl/N-ethyl adjacent to an activating group) is 1. The zero-order valence-electron chi connectivity index (χ0n) is 11.1. The fourth-order valence-corrected chi connectivity index (χ4v) is 1.93. The number of amides is 3. The van der Waals surface area contributed by atoms with Crippen LogP contribution in [-0.2, 0) is 11.3 Å². The van der Waals surface area contributed by atoms with E-state index in [1.54, 1.807) is 6.92 Å². The summed E-state index contributed by atoms with van der Waals surface area (Å²) >= 11 is 3.38. The third kappa shape index (κ3) is 6.35. The number of benzene rings is 1. The molecule has 0 aliphatic carbocycles. The molecule has 104 valence electrons. The minimum Gasteiger partial charge on any atom is -0.338 e. The van der Waals surface area contributed by atoms with Gasteiger partial charge in [0.15, 0.2) is 6.54 Å². The number of nitrogens with one attached hydrogen (secondary N) is 3. The predicted molar refractivity (Wildman–Crippen MR) is 76.8 cm³/mol. The molecule has 0 aliphatic rings. The molecule has 5 nitrogen and oxygen atoms in total. The van der Waals surface area contributed by atoms with Crippen LogP contribution in [0.1, 0.15) is 12.5 Å². The lowest BCUT2D eigenvalue weighted by atomic mass is 10.2. The lowest BCUT2D eigenvalue weighted by Gasteiger charge is -2.13. The number of hydrogen-bond donors (Lipinski definition) is 3. The van der Waals surface area contributed by atoms with E-state index < -0.39 is 6.03 Å². The van der Waals surface area contributed by atoms with Crippen LogP contribution in [0.4, 0.5) is 4.79 Å². The molecule has 0 radical (unpaired) electrons. The summed E-state index contributed by atoms with van der Waals surface area (Å²) < 4.78 is 1.03. The lowest BCUT2D eigenvalue weighted by Crippen LogP contribution is -3.09. The van der Waals surface area contributed by atoms with E-state index in [-0.39, 0.29) is 12.5 Å². The number of rotatable bonds is 5. The summed E-state index contributed by atoms with van der Waals surface area (Å²) in [5.41, 5.74) is 1.14. The minimum absolute atomic E-state index is 0.257. The van der Waals surface area contributed by atoms with E-state index >= 15 is 0 Å². The topological polar surface area (TPSA) is 62.6 Å². The molecule has 0 aliphatic heterocycles. The Balaban J connectivity index is 2.38. The highest BCUT2D eigenvalue weighted by atomic mass is 79.9. The highest BCUT2D eigenvalue weighted by Crippen LogP contribution is 2.09. The van der Waals surface area contributed by atoms with Gasteiger partial charge in [0.05, 0.1) is 7.05 Å². The van der Waals surface area contributed by atoms with Crippen molar-refractivity contribution in [2.24, 2.45) is 0 Å². The highest BCUT2D eigenvalue weighted by Gasteiger charge is 2.12. The maximum Gasteiger partial charge on any atom is 0.321 e. The van der Waals surface area contributed by atoms with E-state index in [1.165, 1.54) is 0 Å². The monoisotopic (exact) mass is 328 g/mol. The molecule has 1 aromatic rings. The van der Waals surface area contributed by atoms with E-state index in [0.717, 1.165) is 21.5 Å². The molecule has 19 heavy (non-hydrogen) atoms. The number of urea groups is 1. The van der Waals surface area contributed by atoms with Crippen LogP contribution in [0.5, 0.6) is 0 Å². The highest BCUT2D eigenvalue weighted by molar-refractivity contribution is 9.10. The zero-order chi connectivity index (χ0) is 14.3. The van der Waals surface area contributed by atoms with E-state index in [9.17, 15) is 9.59 Å². The first kappa shape index (κ1) is 15.7. The van der Waals surface area contributed by atoms with Crippen LogP contribution in [0.3, 0.4) is 0 Å². The number of carbonyl (C=O) groups is 2. The van der Waals surface area contributed by atoms with Gasteiger partial charge in [-0.05, 0) is 19.1 Å². The third-order valence-electron chi connectivity index (χ3n) is 2.47. The summed E-state index contributed by atoms with van der Waals surface area (Å²) in [7, 11) is 1.92. The predicted octanol–water partition coefficient (Wildman–Crippen LogP) is 0.310. The van der Waals surface area contributed by atoms with Gasteiger partial charge in [-0.3, -0.25) is 10.1 Å². The van der Waals surface area contributed by atoms with Gasteiger partial charge >= 0.3 is 6.03 Å². The van der Waals surface area contributed by atoms with E-state index in [0.29, 0.717) is 6.54 Å². The molecule has 1 atom stereocenters. The first-order valence-corrected chi connectivity index (χ1v) is 6.94. The normalized spacial score (nSPS) is 11.7. The minimum atomic E-state index is -0.441. The van der Waals surface area contributed by atoms with Gasteiger partial charge in [-0.2, -0.15) is 0 Å². The van der Waals surface area contributed by atoms with Gasteiger partial charge in [0.1, 0.15) is 6.54 Å². The van der Waals surface area contributed by atoms with Gasteiger partial charge in [-0.15, -0.1) is 0 Å². The average molecular weight is 329 g/mol. The van der Waals surface area contributed by atoms with Crippen molar-refractivity contribution < 1.29 is 14.5 Å². The standard InChI is InChI=1S/C13H18BrN3O2/c1-3-15-13(19)16-12(18)9-17(2)8-10-4-6-11(14)7-5-10/h4-7H,3,8-9H2,1-2H3,(H2,15,16,18,19)/p+1. The van der Waals surface area contributed by atoms with Gasteiger partial charge < -0.3 is 10.2 Å². The molecular formula is C13H19BrN3O2+. The fourth-order valence-electron chi connectivity index (χ4n) is 1.66. The largest absolute Gasteiger partial charge is 0.338 e. The van der Waals surface area contributed by atoms with E-state index in [2.05, 4.69) is 26.6 Å². The maximum atomic E-state index is 11.6. The quantitative estimate of drug-likeness (QED) is 0.728. The Morgan fingerprint density at radius 3 is 2.47 bits per heavy atom. The Kier molecular flexibility index (Phi) is 6.52. The Bertz CT molecular complexity index is 434. The fraction of sp³-hybridized carbons (Fsp3) is 0.385. The van der Waals surface area contributed by atoms with Crippen molar-refractivity contribution in [1.82, 2.24) is 10.6 Å². The van der Waals surface area contributed by atoms with Gasteiger partial charge in [0.25, 0.3) is 5.91 Å². The van der Waals surface area contributed by atoms with Crippen LogP contribution >= 0.6 is 15.9 Å². The van der Waals surface area contributed by atoms with Crippen LogP contribution < -0.4 is 15.5 Å². The van der Waals surface area contributed by atoms with Gasteiger partial charge in [0, 0.05) is 16.6 Å². The number of hydrogen-bond acceptors (Lipinski definition) is 2. The molecule has 0 saturated heterocycles. The molecule has 1 aromatic carbocycles. The molecule has 0 aromatic heterocycles. The van der Waals surface area contributed by atoms with Crippen LogP contribution in [0.25, 0.3) is 0 Å². The van der Waals surface area contributed by atoms with Crippen molar-refractivity contribution in [2.75, 3.05) is 20.1 Å². The molecule has 1 unspecified atom stereocenters.